The molecule has 0 spiro atoms. The molecule has 1 saturated heterocycles. The minimum absolute atomic E-state index is 0.236. The molecule has 1 amide bonds. The molecule has 174 valence electrons. The molecule has 1 aliphatic rings. The van der Waals surface area contributed by atoms with Crippen molar-refractivity contribution in [2.24, 2.45) is 0 Å². The number of hydrogen-bond acceptors (Lipinski definition) is 7. The number of aryl methyl sites for hydroxylation is 1. The van der Waals surface area contributed by atoms with Crippen molar-refractivity contribution in [3.8, 4) is 5.75 Å². The Morgan fingerprint density at radius 1 is 1.18 bits per heavy atom. The van der Waals surface area contributed by atoms with E-state index < -0.39 is 10.0 Å². The minimum Gasteiger partial charge on any atom is -0.487 e. The van der Waals surface area contributed by atoms with E-state index in [9.17, 15) is 13.2 Å². The molecule has 0 radical (unpaired) electrons. The molecule has 8 nitrogen and oxygen atoms in total. The molecule has 33 heavy (non-hydrogen) atoms. The van der Waals surface area contributed by atoms with Crippen molar-refractivity contribution < 1.29 is 22.7 Å². The number of amides is 1. The lowest BCUT2D eigenvalue weighted by molar-refractivity contribution is 0.0730. The Labute approximate surface area is 197 Å². The molecule has 0 saturated carbocycles. The van der Waals surface area contributed by atoms with Gasteiger partial charge in [0.2, 0.25) is 10.0 Å². The predicted molar refractivity (Wildman–Crippen MR) is 125 cm³/mol. The second-order valence-electron chi connectivity index (χ2n) is 7.52. The first-order valence-electron chi connectivity index (χ1n) is 10.5. The third kappa shape index (κ3) is 5.97. The maximum absolute atomic E-state index is 12.7. The number of nitrogens with zero attached hydrogens (tertiary/aromatic N) is 2. The predicted octanol–water partition coefficient (Wildman–Crippen LogP) is 2.98. The molecule has 0 aliphatic carbocycles. The molecule has 1 aromatic heterocycles. The van der Waals surface area contributed by atoms with Crippen LogP contribution in [0.25, 0.3) is 0 Å². The van der Waals surface area contributed by atoms with E-state index in [0.717, 1.165) is 16.3 Å². The van der Waals surface area contributed by atoms with E-state index in [4.69, 9.17) is 9.47 Å². The number of morpholine rings is 1. The topological polar surface area (TPSA) is 97.8 Å². The summed E-state index contributed by atoms with van der Waals surface area (Å²) >= 11 is 1.57. The fourth-order valence-electron chi connectivity index (χ4n) is 3.36. The van der Waals surface area contributed by atoms with Gasteiger partial charge >= 0.3 is 0 Å². The number of carbonyl (C=O) groups excluding carboxylic acids is 1. The molecule has 2 heterocycles. The molecule has 0 unspecified atom stereocenters. The van der Waals surface area contributed by atoms with Gasteiger partial charge in [-0.2, -0.15) is 4.31 Å². The van der Waals surface area contributed by atoms with Gasteiger partial charge in [-0.3, -0.25) is 4.79 Å². The highest BCUT2D eigenvalue weighted by Gasteiger charge is 2.26. The molecular weight excluding hydrogens is 462 g/mol. The largest absolute Gasteiger partial charge is 0.487 e. The Morgan fingerprint density at radius 3 is 2.64 bits per heavy atom. The lowest BCUT2D eigenvalue weighted by atomic mass is 10.2. The standard InChI is InChI=1S/C23H25N3O5S2/c1-17-25-20(16-32-17)15-31-21-4-2-3-19(13-21)23(27)24-14-18-5-7-22(8-6-18)33(28,29)26-9-11-30-12-10-26/h2-8,13,16H,9-12,14-15H2,1H3,(H,24,27). The number of thiazole rings is 1. The highest BCUT2D eigenvalue weighted by molar-refractivity contribution is 7.89. The van der Waals surface area contributed by atoms with E-state index in [1.807, 2.05) is 12.3 Å². The van der Waals surface area contributed by atoms with Crippen LogP contribution in [-0.2, 0) is 27.9 Å². The molecular formula is C23H25N3O5S2. The van der Waals surface area contributed by atoms with Crippen LogP contribution in [0.4, 0.5) is 0 Å². The molecule has 10 heteroatoms. The van der Waals surface area contributed by atoms with Crippen LogP contribution in [0.2, 0.25) is 0 Å². The van der Waals surface area contributed by atoms with Crippen molar-refractivity contribution in [2.75, 3.05) is 26.3 Å². The first kappa shape index (κ1) is 23.4. The number of rotatable bonds is 8. The molecule has 4 rings (SSSR count). The second-order valence-corrected chi connectivity index (χ2v) is 10.5. The molecule has 3 aromatic rings. The van der Waals surface area contributed by atoms with Gasteiger partial charge in [0.15, 0.2) is 0 Å². The zero-order valence-corrected chi connectivity index (χ0v) is 19.8. The van der Waals surface area contributed by atoms with Crippen LogP contribution >= 0.6 is 11.3 Å². The minimum atomic E-state index is -3.53. The van der Waals surface area contributed by atoms with Crippen LogP contribution < -0.4 is 10.1 Å². The van der Waals surface area contributed by atoms with Crippen LogP contribution in [-0.4, -0.2) is 49.9 Å². The smallest absolute Gasteiger partial charge is 0.251 e. The molecule has 2 aromatic carbocycles. The van der Waals surface area contributed by atoms with E-state index in [1.165, 1.54) is 4.31 Å². The van der Waals surface area contributed by atoms with Crippen molar-refractivity contribution in [2.45, 2.75) is 25.0 Å². The van der Waals surface area contributed by atoms with Gasteiger partial charge in [-0.25, -0.2) is 13.4 Å². The molecule has 1 fully saturated rings. The Morgan fingerprint density at radius 2 is 1.94 bits per heavy atom. The highest BCUT2D eigenvalue weighted by Crippen LogP contribution is 2.19. The summed E-state index contributed by atoms with van der Waals surface area (Å²) in [5.74, 6) is 0.348. The summed E-state index contributed by atoms with van der Waals surface area (Å²) in [6, 6.07) is 13.5. The lowest BCUT2D eigenvalue weighted by Crippen LogP contribution is -2.40. The summed E-state index contributed by atoms with van der Waals surface area (Å²) < 4.78 is 37.8. The Balaban J connectivity index is 1.33. The average molecular weight is 488 g/mol. The summed E-state index contributed by atoms with van der Waals surface area (Å²) in [7, 11) is -3.53. The summed E-state index contributed by atoms with van der Waals surface area (Å²) in [5.41, 5.74) is 2.13. The third-order valence-corrected chi connectivity index (χ3v) is 7.87. The van der Waals surface area contributed by atoms with Crippen LogP contribution in [0, 0.1) is 6.92 Å². The van der Waals surface area contributed by atoms with Crippen LogP contribution in [0.5, 0.6) is 5.75 Å². The van der Waals surface area contributed by atoms with Crippen molar-refractivity contribution in [3.63, 3.8) is 0 Å². The van der Waals surface area contributed by atoms with Crippen LogP contribution in [0.15, 0.2) is 58.8 Å². The number of ether oxygens (including phenoxy) is 2. The Bertz CT molecular complexity index is 1200. The fourth-order valence-corrected chi connectivity index (χ4v) is 5.36. The maximum Gasteiger partial charge on any atom is 0.251 e. The zero-order valence-electron chi connectivity index (χ0n) is 18.2. The van der Waals surface area contributed by atoms with E-state index in [0.29, 0.717) is 44.2 Å². The van der Waals surface area contributed by atoms with E-state index >= 15 is 0 Å². The van der Waals surface area contributed by atoms with E-state index in [1.54, 1.807) is 59.9 Å². The van der Waals surface area contributed by atoms with Gasteiger partial charge in [-0.05, 0) is 42.8 Å². The third-order valence-electron chi connectivity index (χ3n) is 5.13. The lowest BCUT2D eigenvalue weighted by Gasteiger charge is -2.26. The van der Waals surface area contributed by atoms with Gasteiger partial charge in [0.25, 0.3) is 5.91 Å². The molecule has 1 aliphatic heterocycles. The van der Waals surface area contributed by atoms with Gasteiger partial charge in [0, 0.05) is 30.6 Å². The molecule has 1 N–H and O–H groups in total. The first-order valence-corrected chi connectivity index (χ1v) is 12.8. The summed E-state index contributed by atoms with van der Waals surface area (Å²) in [4.78, 5) is 17.2. The van der Waals surface area contributed by atoms with Gasteiger partial charge < -0.3 is 14.8 Å². The van der Waals surface area contributed by atoms with Gasteiger partial charge in [0.1, 0.15) is 12.4 Å². The van der Waals surface area contributed by atoms with Crippen molar-refractivity contribution >= 4 is 27.3 Å². The maximum atomic E-state index is 12.7. The number of hydrogen-bond donors (Lipinski definition) is 1. The van der Waals surface area contributed by atoms with Gasteiger partial charge in [0.05, 0.1) is 28.8 Å². The van der Waals surface area contributed by atoms with E-state index in [2.05, 4.69) is 10.3 Å². The number of sulfonamides is 1. The van der Waals surface area contributed by atoms with Crippen LogP contribution in [0.3, 0.4) is 0 Å². The Hall–Kier alpha value is -2.79. The number of benzene rings is 2. The number of nitrogens with one attached hydrogen (secondary N) is 1. The highest BCUT2D eigenvalue weighted by atomic mass is 32.2. The second kappa shape index (κ2) is 10.4. The Kier molecular flexibility index (Phi) is 7.39. The van der Waals surface area contributed by atoms with Gasteiger partial charge in [-0.15, -0.1) is 11.3 Å². The monoisotopic (exact) mass is 487 g/mol. The van der Waals surface area contributed by atoms with Crippen LogP contribution in [0.1, 0.15) is 26.6 Å². The molecule has 0 bridgehead atoms. The quantitative estimate of drug-likeness (QED) is 0.525. The number of aromatic nitrogens is 1. The summed E-state index contributed by atoms with van der Waals surface area (Å²) in [6.07, 6.45) is 0. The molecule has 0 atom stereocenters. The summed E-state index contributed by atoms with van der Waals surface area (Å²) in [5, 5.41) is 5.79. The van der Waals surface area contributed by atoms with Crippen molar-refractivity contribution in [3.05, 3.63) is 75.7 Å². The van der Waals surface area contributed by atoms with Gasteiger partial charge in [-0.1, -0.05) is 18.2 Å². The normalized spacial score (nSPS) is 14.7. The van der Waals surface area contributed by atoms with Crippen molar-refractivity contribution in [1.29, 1.82) is 0 Å². The van der Waals surface area contributed by atoms with E-state index in [-0.39, 0.29) is 17.3 Å². The fraction of sp³-hybridized carbons (Fsp3) is 0.304. The first-order chi connectivity index (χ1) is 15.9. The van der Waals surface area contributed by atoms with Crippen molar-refractivity contribution in [1.82, 2.24) is 14.6 Å². The zero-order chi connectivity index (χ0) is 23.3. The summed E-state index contributed by atoms with van der Waals surface area (Å²) in [6.45, 7) is 4.07. The average Bonchev–Trinajstić information content (AvgIpc) is 3.27. The number of carbonyl (C=O) groups is 1. The SMILES string of the molecule is Cc1nc(COc2cccc(C(=O)NCc3ccc(S(=O)(=O)N4CCOCC4)cc3)c2)cs1.